The lowest BCUT2D eigenvalue weighted by molar-refractivity contribution is -0.385. The topological polar surface area (TPSA) is 143 Å². The van der Waals surface area contributed by atoms with E-state index in [0.717, 1.165) is 0 Å². The smallest absolute Gasteiger partial charge is 0.344 e. The molecule has 1 N–H and O–H groups in total. The van der Waals surface area contributed by atoms with E-state index >= 15 is 0 Å². The molecule has 206 valence electrons. The minimum Gasteiger partial charge on any atom is -0.481 e. The van der Waals surface area contributed by atoms with Crippen LogP contribution in [0.2, 0.25) is 0 Å². The summed E-state index contributed by atoms with van der Waals surface area (Å²) in [6.45, 7) is 1.80. The first-order valence-corrected chi connectivity index (χ1v) is 12.6. The summed E-state index contributed by atoms with van der Waals surface area (Å²) in [5.41, 5.74) is 0.655. The van der Waals surface area contributed by atoms with Gasteiger partial charge in [-0.1, -0.05) is 36.4 Å². The number of para-hydroxylation sites is 1. The number of rotatable bonds is 10. The Hall–Kier alpha value is -5.06. The number of aliphatic carboxylic acids is 1. The van der Waals surface area contributed by atoms with E-state index in [-0.39, 0.29) is 30.4 Å². The fourth-order valence-electron chi connectivity index (χ4n) is 4.67. The number of carboxylic acids is 1. The Bertz CT molecular complexity index is 1460. The summed E-state index contributed by atoms with van der Waals surface area (Å²) in [6, 6.07) is 20.0. The Morgan fingerprint density at radius 2 is 1.75 bits per heavy atom. The summed E-state index contributed by atoms with van der Waals surface area (Å²) in [4.78, 5) is 55.7. The number of non-ortho nitro benzene ring substituents is 1. The van der Waals surface area contributed by atoms with E-state index in [1.165, 1.54) is 34.9 Å². The molecule has 0 radical (unpaired) electrons. The van der Waals surface area contributed by atoms with Gasteiger partial charge < -0.3 is 19.6 Å². The van der Waals surface area contributed by atoms with Gasteiger partial charge >= 0.3 is 12.0 Å². The average Bonchev–Trinajstić information content (AvgIpc) is 2.93. The molecular formula is C29H28N4O7. The molecule has 0 fully saturated rings. The number of carbonyl (C=O) groups is 3. The fraction of sp³-hybridized carbons (Fsp3) is 0.241. The van der Waals surface area contributed by atoms with Gasteiger partial charge in [0.15, 0.2) is 0 Å². The first-order valence-electron chi connectivity index (χ1n) is 12.6. The average molecular weight is 545 g/mol. The molecule has 0 saturated carbocycles. The predicted molar refractivity (Wildman–Crippen MR) is 147 cm³/mol. The molecule has 0 spiro atoms. The van der Waals surface area contributed by atoms with Crippen molar-refractivity contribution in [3.8, 4) is 11.5 Å². The van der Waals surface area contributed by atoms with Crippen molar-refractivity contribution in [1.82, 2.24) is 9.80 Å². The molecule has 40 heavy (non-hydrogen) atoms. The van der Waals surface area contributed by atoms with E-state index in [1.807, 2.05) is 30.3 Å². The second-order valence-electron chi connectivity index (χ2n) is 9.37. The maximum atomic E-state index is 13.1. The highest BCUT2D eigenvalue weighted by atomic mass is 16.6. The SMILES string of the molecule is CC1=NC(=O)N(CCCN(C)C(=O)c2cccc(Oc3ccccc3)c2)C(c2cccc([N+](=O)[O-])c2)C1C(=O)O. The van der Waals surface area contributed by atoms with Crippen molar-refractivity contribution in [3.05, 3.63) is 100 Å². The van der Waals surface area contributed by atoms with E-state index in [4.69, 9.17) is 4.74 Å². The van der Waals surface area contributed by atoms with Gasteiger partial charge in [0.2, 0.25) is 0 Å². The van der Waals surface area contributed by atoms with E-state index < -0.39 is 28.9 Å². The summed E-state index contributed by atoms with van der Waals surface area (Å²) >= 11 is 0. The molecule has 11 heteroatoms. The molecule has 1 heterocycles. The Morgan fingerprint density at radius 3 is 2.45 bits per heavy atom. The van der Waals surface area contributed by atoms with Crippen LogP contribution in [0.4, 0.5) is 10.5 Å². The van der Waals surface area contributed by atoms with Crippen molar-refractivity contribution < 1.29 is 29.2 Å². The van der Waals surface area contributed by atoms with Gasteiger partial charge in [0, 0.05) is 43.5 Å². The molecule has 0 saturated heterocycles. The van der Waals surface area contributed by atoms with Gasteiger partial charge in [-0.15, -0.1) is 0 Å². The van der Waals surface area contributed by atoms with Crippen LogP contribution < -0.4 is 4.74 Å². The third-order valence-corrected chi connectivity index (χ3v) is 6.61. The van der Waals surface area contributed by atoms with E-state index in [0.29, 0.717) is 29.0 Å². The molecule has 1 aliphatic rings. The highest BCUT2D eigenvalue weighted by Crippen LogP contribution is 2.36. The Balaban J connectivity index is 1.47. The maximum absolute atomic E-state index is 13.1. The molecular weight excluding hydrogens is 516 g/mol. The molecule has 1 aliphatic heterocycles. The van der Waals surface area contributed by atoms with Crippen LogP contribution >= 0.6 is 0 Å². The summed E-state index contributed by atoms with van der Waals surface area (Å²) < 4.78 is 5.82. The standard InChI is InChI=1S/C29H28N4O7/c1-19-25(28(35)36)26(20-9-6-11-22(17-20)33(38)39)32(29(37)30-19)16-8-15-31(2)27(34)21-10-7-14-24(18-21)40-23-12-4-3-5-13-23/h3-7,9-14,17-18,25-26H,8,15-16H2,1-2H3,(H,35,36). The monoisotopic (exact) mass is 544 g/mol. The molecule has 2 atom stereocenters. The van der Waals surface area contributed by atoms with Crippen molar-refractivity contribution >= 4 is 29.3 Å². The third-order valence-electron chi connectivity index (χ3n) is 6.61. The first kappa shape index (κ1) is 28.0. The van der Waals surface area contributed by atoms with Crippen LogP contribution in [0.1, 0.15) is 35.3 Å². The Labute approximate surface area is 230 Å². The normalized spacial score (nSPS) is 16.7. The maximum Gasteiger partial charge on any atom is 0.344 e. The molecule has 3 amide bonds. The highest BCUT2D eigenvalue weighted by molar-refractivity contribution is 6.07. The van der Waals surface area contributed by atoms with Crippen LogP contribution in [0.25, 0.3) is 0 Å². The van der Waals surface area contributed by atoms with Gasteiger partial charge in [-0.05, 0) is 49.2 Å². The molecule has 3 aromatic rings. The summed E-state index contributed by atoms with van der Waals surface area (Å²) in [7, 11) is 1.63. The van der Waals surface area contributed by atoms with Crippen LogP contribution in [0, 0.1) is 16.0 Å². The number of hydrogen-bond acceptors (Lipinski definition) is 6. The first-order chi connectivity index (χ1) is 19.2. The zero-order valence-electron chi connectivity index (χ0n) is 22.0. The zero-order chi connectivity index (χ0) is 28.8. The van der Waals surface area contributed by atoms with Gasteiger partial charge in [-0.2, -0.15) is 0 Å². The van der Waals surface area contributed by atoms with Gasteiger partial charge in [0.05, 0.1) is 11.0 Å². The molecule has 0 aliphatic carbocycles. The number of carbonyl (C=O) groups excluding carboxylic acids is 2. The number of urea groups is 1. The minimum absolute atomic E-state index is 0.0849. The van der Waals surface area contributed by atoms with Crippen molar-refractivity contribution in [3.63, 3.8) is 0 Å². The lowest BCUT2D eigenvalue weighted by atomic mass is 9.86. The molecule has 0 bridgehead atoms. The number of nitro groups is 1. The van der Waals surface area contributed by atoms with Crippen molar-refractivity contribution in [2.24, 2.45) is 10.9 Å². The predicted octanol–water partition coefficient (Wildman–Crippen LogP) is 5.19. The van der Waals surface area contributed by atoms with Crippen LogP contribution in [-0.2, 0) is 4.79 Å². The highest BCUT2D eigenvalue weighted by Gasteiger charge is 2.42. The van der Waals surface area contributed by atoms with Gasteiger partial charge in [-0.3, -0.25) is 19.7 Å². The molecule has 11 nitrogen and oxygen atoms in total. The van der Waals surface area contributed by atoms with Gasteiger partial charge in [0.25, 0.3) is 11.6 Å². The molecule has 2 unspecified atom stereocenters. The summed E-state index contributed by atoms with van der Waals surface area (Å²) in [5.74, 6) is -1.47. The van der Waals surface area contributed by atoms with Gasteiger partial charge in [0.1, 0.15) is 17.4 Å². The Kier molecular flexibility index (Phi) is 8.53. The fourth-order valence-corrected chi connectivity index (χ4v) is 4.67. The van der Waals surface area contributed by atoms with E-state index in [2.05, 4.69) is 4.99 Å². The lowest BCUT2D eigenvalue weighted by Crippen LogP contribution is -2.47. The van der Waals surface area contributed by atoms with E-state index in [9.17, 15) is 29.6 Å². The van der Waals surface area contributed by atoms with Crippen molar-refractivity contribution in [2.75, 3.05) is 20.1 Å². The second-order valence-corrected chi connectivity index (χ2v) is 9.37. The number of nitrogens with zero attached hydrogens (tertiary/aromatic N) is 4. The quantitative estimate of drug-likeness (QED) is 0.273. The largest absolute Gasteiger partial charge is 0.481 e. The third kappa shape index (κ3) is 6.32. The van der Waals surface area contributed by atoms with Crippen LogP contribution in [-0.4, -0.2) is 63.6 Å². The van der Waals surface area contributed by atoms with E-state index in [1.54, 1.807) is 37.4 Å². The molecule has 3 aromatic carbocycles. The number of nitro benzene ring substituents is 1. The van der Waals surface area contributed by atoms with Crippen LogP contribution in [0.5, 0.6) is 11.5 Å². The molecule has 0 aromatic heterocycles. The number of ether oxygens (including phenoxy) is 1. The summed E-state index contributed by atoms with van der Waals surface area (Å²) in [6.07, 6.45) is 0.320. The number of hydrogen-bond donors (Lipinski definition) is 1. The number of aliphatic imine (C=N–C) groups is 1. The lowest BCUT2D eigenvalue weighted by Gasteiger charge is -2.38. The zero-order valence-corrected chi connectivity index (χ0v) is 22.0. The second kappa shape index (κ2) is 12.2. The minimum atomic E-state index is -1.19. The van der Waals surface area contributed by atoms with Crippen LogP contribution in [0.15, 0.2) is 83.9 Å². The number of benzene rings is 3. The molecule has 4 rings (SSSR count). The van der Waals surface area contributed by atoms with Crippen LogP contribution in [0.3, 0.4) is 0 Å². The van der Waals surface area contributed by atoms with Gasteiger partial charge in [-0.25, -0.2) is 9.79 Å². The Morgan fingerprint density at radius 1 is 1.05 bits per heavy atom. The van der Waals surface area contributed by atoms with Crippen molar-refractivity contribution in [2.45, 2.75) is 19.4 Å². The summed E-state index contributed by atoms with van der Waals surface area (Å²) in [5, 5.41) is 21.3. The number of amides is 3. The van der Waals surface area contributed by atoms with Crippen molar-refractivity contribution in [1.29, 1.82) is 0 Å². The number of carboxylic acid groups (broad SMARTS) is 1.